The van der Waals surface area contributed by atoms with Gasteiger partial charge in [0, 0.05) is 0 Å². The Morgan fingerprint density at radius 1 is 1.25 bits per heavy atom. The Kier molecular flexibility index (Phi) is 4.39. The molecule has 1 unspecified atom stereocenters. The van der Waals surface area contributed by atoms with Crippen LogP contribution >= 0.6 is 15.9 Å². The van der Waals surface area contributed by atoms with Crippen molar-refractivity contribution in [1.29, 1.82) is 0 Å². The van der Waals surface area contributed by atoms with Gasteiger partial charge in [-0.3, -0.25) is 4.79 Å². The van der Waals surface area contributed by atoms with Gasteiger partial charge < -0.3 is 9.84 Å². The van der Waals surface area contributed by atoms with Gasteiger partial charge in [0.2, 0.25) is 0 Å². The van der Waals surface area contributed by atoms with Crippen LogP contribution in [0.5, 0.6) is 11.5 Å². The molecule has 20 heavy (non-hydrogen) atoms. The predicted molar refractivity (Wildman–Crippen MR) is 76.7 cm³/mol. The average molecular weight is 339 g/mol. The number of hydrogen-bond acceptors (Lipinski definition) is 2. The van der Waals surface area contributed by atoms with Gasteiger partial charge in [0.25, 0.3) is 0 Å². The zero-order chi connectivity index (χ0) is 14.7. The Labute approximate surface area is 124 Å². The molecule has 0 radical (unpaired) electrons. The van der Waals surface area contributed by atoms with Gasteiger partial charge in [0.1, 0.15) is 17.3 Å². The van der Waals surface area contributed by atoms with Crippen molar-refractivity contribution in [2.24, 2.45) is 0 Å². The molecular weight excluding hydrogens is 327 g/mol. The van der Waals surface area contributed by atoms with Crippen LogP contribution in [0.2, 0.25) is 0 Å². The van der Waals surface area contributed by atoms with Crippen LogP contribution in [0.3, 0.4) is 0 Å². The van der Waals surface area contributed by atoms with E-state index in [0.29, 0.717) is 21.5 Å². The summed E-state index contributed by atoms with van der Waals surface area (Å²) < 4.78 is 19.1. The third-order valence-electron chi connectivity index (χ3n) is 2.87. The molecule has 0 fully saturated rings. The van der Waals surface area contributed by atoms with Gasteiger partial charge in [-0.05, 0) is 58.7 Å². The number of aliphatic carboxylic acids is 1. The first-order chi connectivity index (χ1) is 9.47. The average Bonchev–Trinajstić information content (AvgIpc) is 2.42. The van der Waals surface area contributed by atoms with E-state index in [1.165, 1.54) is 18.2 Å². The highest BCUT2D eigenvalue weighted by Gasteiger charge is 2.13. The predicted octanol–water partition coefficient (Wildman–Crippen LogP) is 4.57. The zero-order valence-corrected chi connectivity index (χ0v) is 12.2. The Morgan fingerprint density at radius 2 is 1.90 bits per heavy atom. The Balaban J connectivity index is 2.16. The highest BCUT2D eigenvalue weighted by Crippen LogP contribution is 2.30. The minimum Gasteiger partial charge on any atom is -0.481 e. The quantitative estimate of drug-likeness (QED) is 0.888. The monoisotopic (exact) mass is 338 g/mol. The van der Waals surface area contributed by atoms with E-state index in [-0.39, 0.29) is 5.82 Å². The lowest BCUT2D eigenvalue weighted by molar-refractivity contribution is -0.138. The molecule has 2 rings (SSSR count). The van der Waals surface area contributed by atoms with Crippen LogP contribution in [-0.2, 0) is 4.79 Å². The zero-order valence-electron chi connectivity index (χ0n) is 10.6. The topological polar surface area (TPSA) is 46.5 Å². The van der Waals surface area contributed by atoms with Crippen LogP contribution < -0.4 is 4.74 Å². The first kappa shape index (κ1) is 14.5. The molecule has 1 N–H and O–H groups in total. The summed E-state index contributed by atoms with van der Waals surface area (Å²) in [5, 5.41) is 8.93. The standard InChI is InChI=1S/C15H12BrFO3/c1-9(15(18)19)10-2-5-12(6-3-10)20-14-7-4-11(17)8-13(14)16/h2-9H,1H3,(H,18,19). The molecule has 0 bridgehead atoms. The molecule has 2 aromatic rings. The number of carbonyl (C=O) groups is 1. The van der Waals surface area contributed by atoms with Gasteiger partial charge in [-0.25, -0.2) is 4.39 Å². The van der Waals surface area contributed by atoms with Gasteiger partial charge >= 0.3 is 5.97 Å². The van der Waals surface area contributed by atoms with E-state index in [1.807, 2.05) is 0 Å². The number of rotatable bonds is 4. The van der Waals surface area contributed by atoms with Crippen molar-refractivity contribution in [3.8, 4) is 11.5 Å². The smallest absolute Gasteiger partial charge is 0.310 e. The Hall–Kier alpha value is -1.88. The summed E-state index contributed by atoms with van der Waals surface area (Å²) >= 11 is 3.22. The molecule has 0 spiro atoms. The number of halogens is 2. The largest absolute Gasteiger partial charge is 0.481 e. The van der Waals surface area contributed by atoms with Crippen LogP contribution in [0, 0.1) is 5.82 Å². The lowest BCUT2D eigenvalue weighted by Gasteiger charge is -2.10. The summed E-state index contributed by atoms with van der Waals surface area (Å²) in [5.41, 5.74) is 0.697. The second-order valence-electron chi connectivity index (χ2n) is 4.31. The van der Waals surface area contributed by atoms with Gasteiger partial charge in [-0.1, -0.05) is 12.1 Å². The van der Waals surface area contributed by atoms with Gasteiger partial charge in [0.15, 0.2) is 0 Å². The van der Waals surface area contributed by atoms with Crippen molar-refractivity contribution in [3.05, 3.63) is 58.3 Å². The third-order valence-corrected chi connectivity index (χ3v) is 3.49. The third kappa shape index (κ3) is 3.36. The fourth-order valence-corrected chi connectivity index (χ4v) is 2.08. The maximum absolute atomic E-state index is 13.0. The van der Waals surface area contributed by atoms with Gasteiger partial charge in [0.05, 0.1) is 10.4 Å². The van der Waals surface area contributed by atoms with Crippen LogP contribution in [-0.4, -0.2) is 11.1 Å². The lowest BCUT2D eigenvalue weighted by atomic mass is 10.0. The normalized spacial score (nSPS) is 11.9. The van der Waals surface area contributed by atoms with Crippen molar-refractivity contribution in [2.45, 2.75) is 12.8 Å². The van der Waals surface area contributed by atoms with E-state index in [0.717, 1.165) is 0 Å². The van der Waals surface area contributed by atoms with Crippen LogP contribution in [0.15, 0.2) is 46.9 Å². The van der Waals surface area contributed by atoms with E-state index in [4.69, 9.17) is 9.84 Å². The molecule has 1 atom stereocenters. The summed E-state index contributed by atoms with van der Waals surface area (Å²) in [6, 6.07) is 10.9. The maximum atomic E-state index is 13.0. The highest BCUT2D eigenvalue weighted by molar-refractivity contribution is 9.10. The first-order valence-electron chi connectivity index (χ1n) is 5.93. The molecular formula is C15H12BrFO3. The summed E-state index contributed by atoms with van der Waals surface area (Å²) in [4.78, 5) is 10.9. The fraction of sp³-hybridized carbons (Fsp3) is 0.133. The molecule has 104 valence electrons. The molecule has 0 aliphatic carbocycles. The summed E-state index contributed by atoms with van der Waals surface area (Å²) in [6.07, 6.45) is 0. The molecule has 2 aromatic carbocycles. The maximum Gasteiger partial charge on any atom is 0.310 e. The fourth-order valence-electron chi connectivity index (χ4n) is 1.65. The van der Waals surface area contributed by atoms with E-state index in [2.05, 4.69) is 15.9 Å². The van der Waals surface area contributed by atoms with Gasteiger partial charge in [-0.15, -0.1) is 0 Å². The molecule has 3 nitrogen and oxygen atoms in total. The molecule has 0 aliphatic heterocycles. The van der Waals surface area contributed by atoms with Crippen molar-refractivity contribution >= 4 is 21.9 Å². The van der Waals surface area contributed by atoms with E-state index >= 15 is 0 Å². The summed E-state index contributed by atoms with van der Waals surface area (Å²) in [6.45, 7) is 1.62. The van der Waals surface area contributed by atoms with Crippen molar-refractivity contribution in [1.82, 2.24) is 0 Å². The van der Waals surface area contributed by atoms with Crippen LogP contribution in [0.25, 0.3) is 0 Å². The second-order valence-corrected chi connectivity index (χ2v) is 5.16. The number of carboxylic acids is 1. The molecule has 0 saturated carbocycles. The molecule has 0 aromatic heterocycles. The van der Waals surface area contributed by atoms with Crippen LogP contribution in [0.1, 0.15) is 18.4 Å². The molecule has 0 amide bonds. The molecule has 0 heterocycles. The number of benzene rings is 2. The molecule has 5 heteroatoms. The van der Waals surface area contributed by atoms with Crippen LogP contribution in [0.4, 0.5) is 4.39 Å². The van der Waals surface area contributed by atoms with E-state index in [1.54, 1.807) is 31.2 Å². The van der Waals surface area contributed by atoms with Crippen molar-refractivity contribution < 1.29 is 19.0 Å². The summed E-state index contributed by atoms with van der Waals surface area (Å²) in [7, 11) is 0. The molecule has 0 aliphatic rings. The SMILES string of the molecule is CC(C(=O)O)c1ccc(Oc2ccc(F)cc2Br)cc1. The molecule has 0 saturated heterocycles. The minimum absolute atomic E-state index is 0.352. The van der Waals surface area contributed by atoms with E-state index < -0.39 is 11.9 Å². The Morgan fingerprint density at radius 3 is 2.45 bits per heavy atom. The van der Waals surface area contributed by atoms with E-state index in [9.17, 15) is 9.18 Å². The number of ether oxygens (including phenoxy) is 1. The first-order valence-corrected chi connectivity index (χ1v) is 6.72. The number of carboxylic acid groups (broad SMARTS) is 1. The Bertz CT molecular complexity index is 626. The second kappa shape index (κ2) is 6.05. The lowest BCUT2D eigenvalue weighted by Crippen LogP contribution is -2.06. The van der Waals surface area contributed by atoms with Crippen molar-refractivity contribution in [2.75, 3.05) is 0 Å². The minimum atomic E-state index is -0.875. The highest BCUT2D eigenvalue weighted by atomic mass is 79.9. The van der Waals surface area contributed by atoms with Crippen molar-refractivity contribution in [3.63, 3.8) is 0 Å². The summed E-state index contributed by atoms with van der Waals surface area (Å²) in [5.74, 6) is -0.750. The van der Waals surface area contributed by atoms with Gasteiger partial charge in [-0.2, -0.15) is 0 Å². The number of hydrogen-bond donors (Lipinski definition) is 1.